The third-order valence-electron chi connectivity index (χ3n) is 4.06. The Morgan fingerprint density at radius 2 is 1.61 bits per heavy atom. The van der Waals surface area contributed by atoms with Gasteiger partial charge in [0.1, 0.15) is 16.7 Å². The number of halogens is 1. The highest BCUT2D eigenvalue weighted by atomic mass is 35.5. The molecule has 4 heteroatoms. The van der Waals surface area contributed by atoms with Gasteiger partial charge in [-0.05, 0) is 24.1 Å². The maximum atomic E-state index is 5.87. The van der Waals surface area contributed by atoms with Crippen molar-refractivity contribution in [3.63, 3.8) is 0 Å². The van der Waals surface area contributed by atoms with E-state index in [0.717, 1.165) is 39.0 Å². The summed E-state index contributed by atoms with van der Waals surface area (Å²) < 4.78 is 11.4. The first-order valence-electron chi connectivity index (χ1n) is 7.38. The van der Waals surface area contributed by atoms with E-state index in [2.05, 4.69) is 24.0 Å². The van der Waals surface area contributed by atoms with Gasteiger partial charge in [0, 0.05) is 29.0 Å². The van der Waals surface area contributed by atoms with E-state index in [9.17, 15) is 0 Å². The van der Waals surface area contributed by atoms with Crippen LogP contribution in [0.5, 0.6) is 11.5 Å². The van der Waals surface area contributed by atoms with Crippen LogP contribution in [0.1, 0.15) is 16.7 Å². The molecule has 0 aliphatic carbocycles. The molecule has 0 saturated carbocycles. The van der Waals surface area contributed by atoms with Crippen molar-refractivity contribution in [2.45, 2.75) is 13.3 Å². The Morgan fingerprint density at radius 3 is 2.17 bits per heavy atom. The van der Waals surface area contributed by atoms with Gasteiger partial charge in [-0.1, -0.05) is 41.9 Å². The van der Waals surface area contributed by atoms with E-state index < -0.39 is 0 Å². The fourth-order valence-electron chi connectivity index (χ4n) is 2.98. The van der Waals surface area contributed by atoms with Gasteiger partial charge in [-0.2, -0.15) is 0 Å². The molecule has 3 nitrogen and oxygen atoms in total. The smallest absolute Gasteiger partial charge is 0.130 e. The zero-order valence-electron chi connectivity index (χ0n) is 13.4. The van der Waals surface area contributed by atoms with Gasteiger partial charge in [0.25, 0.3) is 0 Å². The van der Waals surface area contributed by atoms with Crippen LogP contribution in [0.4, 0.5) is 0 Å². The normalized spacial score (nSPS) is 10.8. The average molecular weight is 328 g/mol. The van der Waals surface area contributed by atoms with Gasteiger partial charge < -0.3 is 9.47 Å². The Morgan fingerprint density at radius 1 is 0.957 bits per heavy atom. The quantitative estimate of drug-likeness (QED) is 0.645. The number of rotatable bonds is 4. The molecule has 23 heavy (non-hydrogen) atoms. The molecule has 0 aliphatic rings. The van der Waals surface area contributed by atoms with Crippen LogP contribution in [-0.2, 0) is 6.42 Å². The van der Waals surface area contributed by atoms with Crippen molar-refractivity contribution in [3.8, 4) is 11.5 Å². The van der Waals surface area contributed by atoms with E-state index in [4.69, 9.17) is 21.1 Å². The topological polar surface area (TPSA) is 31.4 Å². The molecule has 0 bridgehead atoms. The molecule has 2 aromatic carbocycles. The highest BCUT2D eigenvalue weighted by molar-refractivity contribution is 6.29. The SMILES string of the molecule is COc1c(C)c(Cc2ccc(Cl)nc2)c(OC)c2ccccc12. The van der Waals surface area contributed by atoms with Crippen LogP contribution in [0.25, 0.3) is 10.8 Å². The average Bonchev–Trinajstić information content (AvgIpc) is 2.57. The van der Waals surface area contributed by atoms with Gasteiger partial charge in [0.15, 0.2) is 0 Å². The zero-order valence-corrected chi connectivity index (χ0v) is 14.1. The molecule has 0 aliphatic heterocycles. The molecule has 1 aromatic heterocycles. The van der Waals surface area contributed by atoms with Gasteiger partial charge in [-0.15, -0.1) is 0 Å². The molecule has 118 valence electrons. The van der Waals surface area contributed by atoms with Gasteiger partial charge >= 0.3 is 0 Å². The van der Waals surface area contributed by atoms with Crippen molar-refractivity contribution in [1.82, 2.24) is 4.98 Å². The van der Waals surface area contributed by atoms with Gasteiger partial charge in [0.2, 0.25) is 0 Å². The summed E-state index contributed by atoms with van der Waals surface area (Å²) in [6.07, 6.45) is 2.50. The number of aromatic nitrogens is 1. The lowest BCUT2D eigenvalue weighted by atomic mass is 9.94. The predicted octanol–water partition coefficient (Wildman–Crippen LogP) is 4.80. The minimum absolute atomic E-state index is 0.494. The van der Waals surface area contributed by atoms with Crippen LogP contribution >= 0.6 is 11.6 Å². The molecule has 0 atom stereocenters. The van der Waals surface area contributed by atoms with Gasteiger partial charge in [0.05, 0.1) is 14.2 Å². The number of nitrogens with zero attached hydrogens (tertiary/aromatic N) is 1. The molecular formula is C19H18ClNO2. The van der Waals surface area contributed by atoms with Crippen LogP contribution in [0.15, 0.2) is 42.6 Å². The molecular weight excluding hydrogens is 310 g/mol. The van der Waals surface area contributed by atoms with E-state index in [1.165, 1.54) is 0 Å². The Balaban J connectivity index is 2.22. The van der Waals surface area contributed by atoms with Crippen molar-refractivity contribution in [2.24, 2.45) is 0 Å². The van der Waals surface area contributed by atoms with Crippen molar-refractivity contribution in [3.05, 3.63) is 64.4 Å². The minimum Gasteiger partial charge on any atom is -0.496 e. The summed E-state index contributed by atoms with van der Waals surface area (Å²) in [7, 11) is 3.41. The summed E-state index contributed by atoms with van der Waals surface area (Å²) in [6, 6.07) is 11.9. The molecule has 0 amide bonds. The third-order valence-corrected chi connectivity index (χ3v) is 4.29. The Bertz CT molecular complexity index is 844. The highest BCUT2D eigenvalue weighted by Crippen LogP contribution is 2.41. The molecule has 3 rings (SSSR count). The van der Waals surface area contributed by atoms with Crippen LogP contribution in [0, 0.1) is 6.92 Å². The molecule has 3 aromatic rings. The van der Waals surface area contributed by atoms with Gasteiger partial charge in [-0.3, -0.25) is 0 Å². The number of fused-ring (bicyclic) bond motifs is 1. The summed E-state index contributed by atoms with van der Waals surface area (Å²) in [4.78, 5) is 4.16. The number of hydrogen-bond acceptors (Lipinski definition) is 3. The highest BCUT2D eigenvalue weighted by Gasteiger charge is 2.18. The summed E-state index contributed by atoms with van der Waals surface area (Å²) in [5.74, 6) is 1.77. The van der Waals surface area contributed by atoms with E-state index >= 15 is 0 Å². The van der Waals surface area contributed by atoms with Crippen molar-refractivity contribution >= 4 is 22.4 Å². The second-order valence-corrected chi connectivity index (χ2v) is 5.77. The Labute approximate surface area is 140 Å². The maximum Gasteiger partial charge on any atom is 0.130 e. The fourth-order valence-corrected chi connectivity index (χ4v) is 3.09. The molecule has 0 saturated heterocycles. The lowest BCUT2D eigenvalue weighted by Gasteiger charge is -2.19. The van der Waals surface area contributed by atoms with Crippen LogP contribution in [-0.4, -0.2) is 19.2 Å². The molecule has 1 heterocycles. The number of pyridine rings is 1. The van der Waals surface area contributed by atoms with Crippen molar-refractivity contribution in [1.29, 1.82) is 0 Å². The number of benzene rings is 2. The van der Waals surface area contributed by atoms with Crippen LogP contribution in [0.2, 0.25) is 5.15 Å². The number of methoxy groups -OCH3 is 2. The molecule has 0 radical (unpaired) electrons. The number of hydrogen-bond donors (Lipinski definition) is 0. The largest absolute Gasteiger partial charge is 0.496 e. The Kier molecular flexibility index (Phi) is 4.39. The molecule has 0 N–H and O–H groups in total. The number of ether oxygens (including phenoxy) is 2. The second-order valence-electron chi connectivity index (χ2n) is 5.38. The maximum absolute atomic E-state index is 5.87. The standard InChI is InChI=1S/C19H18ClNO2/c1-12-16(10-13-8-9-17(20)21-11-13)19(23-3)15-7-5-4-6-14(15)18(12)22-2/h4-9,11H,10H2,1-3H3. The second kappa shape index (κ2) is 6.47. The molecule has 0 fully saturated rings. The van der Waals surface area contributed by atoms with Crippen molar-refractivity contribution < 1.29 is 9.47 Å². The summed E-state index contributed by atoms with van der Waals surface area (Å²) in [6.45, 7) is 2.06. The van der Waals surface area contributed by atoms with E-state index in [1.54, 1.807) is 26.5 Å². The lowest BCUT2D eigenvalue weighted by Crippen LogP contribution is -2.02. The van der Waals surface area contributed by atoms with Gasteiger partial charge in [-0.25, -0.2) is 4.98 Å². The van der Waals surface area contributed by atoms with E-state index in [1.807, 2.05) is 18.2 Å². The lowest BCUT2D eigenvalue weighted by molar-refractivity contribution is 0.404. The predicted molar refractivity (Wildman–Crippen MR) is 93.8 cm³/mol. The monoisotopic (exact) mass is 327 g/mol. The van der Waals surface area contributed by atoms with E-state index in [-0.39, 0.29) is 0 Å². The van der Waals surface area contributed by atoms with Crippen LogP contribution in [0.3, 0.4) is 0 Å². The first kappa shape index (κ1) is 15.6. The zero-order chi connectivity index (χ0) is 16.4. The molecule has 0 unspecified atom stereocenters. The minimum atomic E-state index is 0.494. The summed E-state index contributed by atoms with van der Waals surface area (Å²) >= 11 is 5.87. The third kappa shape index (κ3) is 2.84. The van der Waals surface area contributed by atoms with E-state index in [0.29, 0.717) is 11.6 Å². The first-order chi connectivity index (χ1) is 11.2. The summed E-state index contributed by atoms with van der Waals surface area (Å²) in [5, 5.41) is 2.60. The van der Waals surface area contributed by atoms with Crippen LogP contribution < -0.4 is 9.47 Å². The molecule has 0 spiro atoms. The summed E-state index contributed by atoms with van der Waals surface area (Å²) in [5.41, 5.74) is 3.26. The van der Waals surface area contributed by atoms with Crippen molar-refractivity contribution in [2.75, 3.05) is 14.2 Å². The fraction of sp³-hybridized carbons (Fsp3) is 0.211. The first-order valence-corrected chi connectivity index (χ1v) is 7.76. The Hall–Kier alpha value is -2.26.